The maximum absolute atomic E-state index is 12.4. The molecule has 2 heteroatoms. The van der Waals surface area contributed by atoms with E-state index in [-0.39, 0.29) is 16.9 Å². The molecule has 0 aliphatic heterocycles. The summed E-state index contributed by atoms with van der Waals surface area (Å²) in [6.07, 6.45) is 9.72. The molecule has 4 aliphatic rings. The number of carbonyl (C=O) groups excluding carboxylic acids is 1. The molecule has 0 radical (unpaired) electrons. The fourth-order valence-corrected chi connectivity index (χ4v) is 6.78. The molecule has 4 aliphatic carbocycles. The summed E-state index contributed by atoms with van der Waals surface area (Å²) in [4.78, 5) is 12.4. The minimum Gasteiger partial charge on any atom is -0.392 e. The van der Waals surface area contributed by atoms with Crippen LogP contribution in [0.1, 0.15) is 65.7 Å². The molecule has 3 saturated carbocycles. The molecule has 1 unspecified atom stereocenters. The Labute approximate surface area is 134 Å². The Balaban J connectivity index is 1.74. The van der Waals surface area contributed by atoms with Gasteiger partial charge in [0.1, 0.15) is 5.78 Å². The first-order chi connectivity index (χ1) is 10.4. The molecule has 0 heterocycles. The van der Waals surface area contributed by atoms with Gasteiger partial charge in [0.05, 0.1) is 6.10 Å². The molecular formula is C20H30O2. The summed E-state index contributed by atoms with van der Waals surface area (Å²) < 4.78 is 0. The molecule has 0 spiro atoms. The number of hydrogen-bond donors (Lipinski definition) is 1. The van der Waals surface area contributed by atoms with Gasteiger partial charge in [-0.2, -0.15) is 0 Å². The summed E-state index contributed by atoms with van der Waals surface area (Å²) in [5.74, 6) is 2.65. The van der Waals surface area contributed by atoms with Crippen LogP contribution >= 0.6 is 0 Å². The minimum absolute atomic E-state index is 0.0342. The molecule has 22 heavy (non-hydrogen) atoms. The minimum atomic E-state index is -0.207. The molecule has 3 fully saturated rings. The van der Waals surface area contributed by atoms with E-state index < -0.39 is 0 Å². The van der Waals surface area contributed by atoms with Gasteiger partial charge in [0.15, 0.2) is 0 Å². The van der Waals surface area contributed by atoms with E-state index in [1.807, 2.05) is 0 Å². The van der Waals surface area contributed by atoms with Gasteiger partial charge >= 0.3 is 0 Å². The molecule has 122 valence electrons. The summed E-state index contributed by atoms with van der Waals surface area (Å²) >= 11 is 0. The molecule has 0 aromatic heterocycles. The molecule has 0 aromatic rings. The van der Waals surface area contributed by atoms with Gasteiger partial charge in [-0.25, -0.2) is 0 Å². The highest BCUT2D eigenvalue weighted by Gasteiger charge is 2.60. The molecular weight excluding hydrogens is 272 g/mol. The summed E-state index contributed by atoms with van der Waals surface area (Å²) in [6, 6.07) is 0. The Bertz CT molecular complexity index is 536. The van der Waals surface area contributed by atoms with E-state index in [1.165, 1.54) is 12.0 Å². The number of ketones is 1. The normalized spacial score (nSPS) is 54.3. The average molecular weight is 302 g/mol. The lowest BCUT2D eigenvalue weighted by molar-refractivity contribution is -0.135. The highest BCUT2D eigenvalue weighted by Crippen LogP contribution is 2.64. The van der Waals surface area contributed by atoms with Crippen molar-refractivity contribution in [2.24, 2.45) is 34.5 Å². The number of Topliss-reactive ketones (excluding diaryl/α,β-unsaturated/α-hetero) is 1. The molecule has 4 rings (SSSR count). The van der Waals surface area contributed by atoms with Crippen LogP contribution in [-0.2, 0) is 4.79 Å². The molecule has 0 amide bonds. The van der Waals surface area contributed by atoms with Crippen LogP contribution in [0.4, 0.5) is 0 Å². The summed E-state index contributed by atoms with van der Waals surface area (Å²) in [6.45, 7) is 6.77. The molecule has 0 aromatic carbocycles. The number of hydrogen-bond acceptors (Lipinski definition) is 2. The fourth-order valence-electron chi connectivity index (χ4n) is 6.78. The summed E-state index contributed by atoms with van der Waals surface area (Å²) in [5.41, 5.74) is 1.43. The Kier molecular flexibility index (Phi) is 3.18. The van der Waals surface area contributed by atoms with Gasteiger partial charge < -0.3 is 5.11 Å². The Morgan fingerprint density at radius 2 is 1.91 bits per heavy atom. The van der Waals surface area contributed by atoms with Gasteiger partial charge in [-0.15, -0.1) is 0 Å². The fraction of sp³-hybridized carbons (Fsp3) is 0.850. The third-order valence-electron chi connectivity index (χ3n) is 8.27. The lowest BCUT2D eigenvalue weighted by Gasteiger charge is -2.58. The van der Waals surface area contributed by atoms with Gasteiger partial charge in [-0.05, 0) is 62.2 Å². The monoisotopic (exact) mass is 302 g/mol. The third-order valence-corrected chi connectivity index (χ3v) is 8.27. The van der Waals surface area contributed by atoms with Crippen LogP contribution in [0.25, 0.3) is 0 Å². The summed E-state index contributed by atoms with van der Waals surface area (Å²) in [5, 5.41) is 11.0. The van der Waals surface area contributed by atoms with Crippen molar-refractivity contribution < 1.29 is 9.90 Å². The van der Waals surface area contributed by atoms with Gasteiger partial charge in [0.25, 0.3) is 0 Å². The standard InChI is InChI=1S/C20H30O2/c1-12-4-5-13-6-7-14-15-8-9-17(21)19(15,2)11-10-16(14)20(13,3)18(12)22/h6,12,14-16,18,22H,4-5,7-11H2,1-3H3/t12-,14-,15-,16-,18?,19-,20-/m0/s1. The van der Waals surface area contributed by atoms with E-state index in [9.17, 15) is 9.90 Å². The van der Waals surface area contributed by atoms with Crippen LogP contribution in [0.5, 0.6) is 0 Å². The van der Waals surface area contributed by atoms with Crippen molar-refractivity contribution >= 4 is 5.78 Å². The molecule has 0 bridgehead atoms. The number of allylic oxidation sites excluding steroid dienone is 1. The zero-order valence-corrected chi connectivity index (χ0v) is 14.3. The van der Waals surface area contributed by atoms with E-state index in [2.05, 4.69) is 26.8 Å². The van der Waals surface area contributed by atoms with Crippen LogP contribution in [0.15, 0.2) is 11.6 Å². The van der Waals surface area contributed by atoms with Crippen molar-refractivity contribution in [3.05, 3.63) is 11.6 Å². The van der Waals surface area contributed by atoms with E-state index in [1.54, 1.807) is 0 Å². The van der Waals surface area contributed by atoms with Gasteiger partial charge in [-0.1, -0.05) is 32.4 Å². The smallest absolute Gasteiger partial charge is 0.139 e. The zero-order chi connectivity index (χ0) is 15.7. The number of aliphatic hydroxyl groups excluding tert-OH is 1. The average Bonchev–Trinajstić information content (AvgIpc) is 2.80. The molecule has 0 saturated heterocycles. The van der Waals surface area contributed by atoms with Gasteiger partial charge in [0, 0.05) is 17.3 Å². The van der Waals surface area contributed by atoms with Gasteiger partial charge in [-0.3, -0.25) is 4.79 Å². The highest BCUT2D eigenvalue weighted by atomic mass is 16.3. The van der Waals surface area contributed by atoms with Crippen molar-refractivity contribution in [3.63, 3.8) is 0 Å². The van der Waals surface area contributed by atoms with Crippen molar-refractivity contribution in [3.8, 4) is 0 Å². The lowest BCUT2D eigenvalue weighted by Crippen LogP contribution is -2.55. The van der Waals surface area contributed by atoms with Crippen LogP contribution in [0, 0.1) is 34.5 Å². The SMILES string of the molecule is C[C@H]1CCC2=CC[C@H]3[C@@H]4CCC(=O)[C@@]4(C)CC[C@@H]3[C@@]2(C)C1O. The van der Waals surface area contributed by atoms with Crippen LogP contribution in [-0.4, -0.2) is 17.0 Å². The first-order valence-corrected chi connectivity index (χ1v) is 9.30. The first-order valence-electron chi connectivity index (χ1n) is 9.30. The Morgan fingerprint density at radius 1 is 1.14 bits per heavy atom. The maximum atomic E-state index is 12.4. The Hall–Kier alpha value is -0.630. The van der Waals surface area contributed by atoms with Crippen LogP contribution in [0.2, 0.25) is 0 Å². The lowest BCUT2D eigenvalue weighted by atomic mass is 9.46. The molecule has 7 atom stereocenters. The second-order valence-electron chi connectivity index (χ2n) is 9.00. The maximum Gasteiger partial charge on any atom is 0.139 e. The largest absolute Gasteiger partial charge is 0.392 e. The van der Waals surface area contributed by atoms with E-state index in [4.69, 9.17) is 0 Å². The predicted octanol–water partition coefficient (Wildman–Crippen LogP) is 4.13. The van der Waals surface area contributed by atoms with Crippen LogP contribution < -0.4 is 0 Å². The van der Waals surface area contributed by atoms with Gasteiger partial charge in [0.2, 0.25) is 0 Å². The van der Waals surface area contributed by atoms with Crippen molar-refractivity contribution in [1.29, 1.82) is 0 Å². The number of carbonyl (C=O) groups is 1. The highest BCUT2D eigenvalue weighted by molar-refractivity contribution is 5.87. The van der Waals surface area contributed by atoms with Crippen molar-refractivity contribution in [1.82, 2.24) is 0 Å². The summed E-state index contributed by atoms with van der Waals surface area (Å²) in [7, 11) is 0. The topological polar surface area (TPSA) is 37.3 Å². The van der Waals surface area contributed by atoms with E-state index in [0.717, 1.165) is 38.5 Å². The number of fused-ring (bicyclic) bond motifs is 5. The number of rotatable bonds is 0. The second kappa shape index (κ2) is 4.69. The van der Waals surface area contributed by atoms with E-state index >= 15 is 0 Å². The molecule has 1 N–H and O–H groups in total. The first kappa shape index (κ1) is 14.9. The van der Waals surface area contributed by atoms with Crippen LogP contribution in [0.3, 0.4) is 0 Å². The Morgan fingerprint density at radius 3 is 2.68 bits per heavy atom. The molecule has 2 nitrogen and oxygen atoms in total. The van der Waals surface area contributed by atoms with Crippen molar-refractivity contribution in [2.45, 2.75) is 71.8 Å². The van der Waals surface area contributed by atoms with Crippen molar-refractivity contribution in [2.75, 3.05) is 0 Å². The third kappa shape index (κ3) is 1.68. The number of aliphatic hydroxyl groups is 1. The predicted molar refractivity (Wildman–Crippen MR) is 87.3 cm³/mol. The van der Waals surface area contributed by atoms with E-state index in [0.29, 0.717) is 29.5 Å². The quantitative estimate of drug-likeness (QED) is 0.683. The zero-order valence-electron chi connectivity index (χ0n) is 14.3. The second-order valence-corrected chi connectivity index (χ2v) is 9.00.